The van der Waals surface area contributed by atoms with E-state index in [9.17, 15) is 14.4 Å². The van der Waals surface area contributed by atoms with Crippen molar-refractivity contribution >= 4 is 47.0 Å². The molecule has 0 saturated carbocycles. The number of hydrogen-bond donors (Lipinski definition) is 3. The second-order valence-corrected chi connectivity index (χ2v) is 5.93. The van der Waals surface area contributed by atoms with Crippen LogP contribution in [0.2, 0.25) is 10.0 Å². The molecule has 0 fully saturated rings. The van der Waals surface area contributed by atoms with Gasteiger partial charge in [0.15, 0.2) is 0 Å². The molecular formula is C18H15Cl2N3O3. The molecule has 0 saturated heterocycles. The van der Waals surface area contributed by atoms with E-state index in [-0.39, 0.29) is 17.1 Å². The van der Waals surface area contributed by atoms with E-state index in [4.69, 9.17) is 23.2 Å². The topological polar surface area (TPSA) is 87.3 Å². The molecule has 0 atom stereocenters. The first kappa shape index (κ1) is 19.5. The van der Waals surface area contributed by atoms with Crippen molar-refractivity contribution in [2.24, 2.45) is 0 Å². The number of halogens is 2. The SMILES string of the molecule is O=C(/C=C/c1ccccc1)NCC(=O)NNC(=O)c1cc(Cl)ccc1Cl. The Bertz CT molecular complexity index is 839. The Hall–Kier alpha value is -2.83. The van der Waals surface area contributed by atoms with Crippen LogP contribution in [0, 0.1) is 0 Å². The molecule has 0 heterocycles. The van der Waals surface area contributed by atoms with Crippen molar-refractivity contribution in [1.82, 2.24) is 16.2 Å². The molecule has 0 spiro atoms. The van der Waals surface area contributed by atoms with E-state index >= 15 is 0 Å². The highest BCUT2D eigenvalue weighted by Gasteiger charge is 2.12. The summed E-state index contributed by atoms with van der Waals surface area (Å²) in [6.45, 7) is -0.304. The van der Waals surface area contributed by atoms with Crippen LogP contribution in [0.1, 0.15) is 15.9 Å². The number of hydrogen-bond acceptors (Lipinski definition) is 3. The van der Waals surface area contributed by atoms with Crippen molar-refractivity contribution in [1.29, 1.82) is 0 Å². The molecule has 3 amide bonds. The quantitative estimate of drug-likeness (QED) is 0.540. The molecule has 3 N–H and O–H groups in total. The molecule has 0 unspecified atom stereocenters. The van der Waals surface area contributed by atoms with Crippen LogP contribution >= 0.6 is 23.2 Å². The largest absolute Gasteiger partial charge is 0.343 e. The molecule has 8 heteroatoms. The molecule has 0 aliphatic heterocycles. The number of nitrogens with one attached hydrogen (secondary N) is 3. The first-order chi connectivity index (χ1) is 12.5. The van der Waals surface area contributed by atoms with Gasteiger partial charge in [-0.2, -0.15) is 0 Å². The molecule has 0 bridgehead atoms. The lowest BCUT2D eigenvalue weighted by Crippen LogP contribution is -2.46. The fourth-order valence-corrected chi connectivity index (χ4v) is 2.25. The lowest BCUT2D eigenvalue weighted by Gasteiger charge is -2.09. The summed E-state index contributed by atoms with van der Waals surface area (Å²) in [5.41, 5.74) is 5.35. The van der Waals surface area contributed by atoms with Crippen molar-refractivity contribution in [3.63, 3.8) is 0 Å². The summed E-state index contributed by atoms with van der Waals surface area (Å²) in [5, 5.41) is 2.93. The average Bonchev–Trinajstić information content (AvgIpc) is 2.65. The molecule has 0 radical (unpaired) electrons. The van der Waals surface area contributed by atoms with Gasteiger partial charge < -0.3 is 5.32 Å². The Morgan fingerprint density at radius 3 is 2.42 bits per heavy atom. The monoisotopic (exact) mass is 391 g/mol. The minimum atomic E-state index is -0.624. The highest BCUT2D eigenvalue weighted by Crippen LogP contribution is 2.20. The first-order valence-corrected chi connectivity index (χ1v) is 8.26. The summed E-state index contributed by atoms with van der Waals surface area (Å²) in [7, 11) is 0. The molecule has 2 aromatic rings. The molecule has 134 valence electrons. The van der Waals surface area contributed by atoms with Gasteiger partial charge in [0.1, 0.15) is 0 Å². The maximum absolute atomic E-state index is 12.0. The van der Waals surface area contributed by atoms with Crippen LogP contribution in [0.3, 0.4) is 0 Å². The summed E-state index contributed by atoms with van der Waals surface area (Å²) in [6.07, 6.45) is 2.93. The lowest BCUT2D eigenvalue weighted by molar-refractivity contribution is -0.124. The lowest BCUT2D eigenvalue weighted by atomic mass is 10.2. The van der Waals surface area contributed by atoms with Crippen LogP contribution in [0.4, 0.5) is 0 Å². The van der Waals surface area contributed by atoms with Crippen LogP contribution in [0.5, 0.6) is 0 Å². The number of amides is 3. The van der Waals surface area contributed by atoms with Crippen LogP contribution < -0.4 is 16.2 Å². The van der Waals surface area contributed by atoms with E-state index in [2.05, 4.69) is 16.2 Å². The normalized spacial score (nSPS) is 10.4. The van der Waals surface area contributed by atoms with E-state index in [1.807, 2.05) is 30.3 Å². The van der Waals surface area contributed by atoms with Gasteiger partial charge in [-0.05, 0) is 29.8 Å². The Labute approximate surface area is 160 Å². The molecule has 0 aliphatic rings. The van der Waals surface area contributed by atoms with E-state index in [1.54, 1.807) is 6.08 Å². The van der Waals surface area contributed by atoms with Crippen molar-refractivity contribution in [2.75, 3.05) is 6.54 Å². The maximum atomic E-state index is 12.0. The average molecular weight is 392 g/mol. The van der Waals surface area contributed by atoms with E-state index < -0.39 is 17.7 Å². The molecule has 6 nitrogen and oxygen atoms in total. The minimum absolute atomic E-state index is 0.120. The highest BCUT2D eigenvalue weighted by atomic mass is 35.5. The molecule has 2 rings (SSSR count). The van der Waals surface area contributed by atoms with Crippen molar-refractivity contribution < 1.29 is 14.4 Å². The van der Waals surface area contributed by atoms with Gasteiger partial charge in [-0.25, -0.2) is 0 Å². The zero-order valence-corrected chi connectivity index (χ0v) is 15.0. The number of benzene rings is 2. The molecule has 0 aliphatic carbocycles. The third-order valence-corrected chi connectivity index (χ3v) is 3.70. The van der Waals surface area contributed by atoms with Crippen LogP contribution in [0.25, 0.3) is 6.08 Å². The van der Waals surface area contributed by atoms with Gasteiger partial charge in [0, 0.05) is 11.1 Å². The molecular weight excluding hydrogens is 377 g/mol. The first-order valence-electron chi connectivity index (χ1n) is 7.51. The number of carbonyl (C=O) groups is 3. The van der Waals surface area contributed by atoms with Crippen molar-refractivity contribution in [3.8, 4) is 0 Å². The molecule has 2 aromatic carbocycles. The van der Waals surface area contributed by atoms with E-state index in [0.29, 0.717) is 5.02 Å². The Morgan fingerprint density at radius 2 is 1.69 bits per heavy atom. The van der Waals surface area contributed by atoms with E-state index in [1.165, 1.54) is 24.3 Å². The summed E-state index contributed by atoms with van der Waals surface area (Å²) in [6, 6.07) is 13.6. The highest BCUT2D eigenvalue weighted by molar-refractivity contribution is 6.35. The predicted octanol–water partition coefficient (Wildman–Crippen LogP) is 2.58. The second kappa shape index (κ2) is 9.60. The van der Waals surface area contributed by atoms with Gasteiger partial charge in [0.25, 0.3) is 11.8 Å². The summed E-state index contributed by atoms with van der Waals surface area (Å²) in [4.78, 5) is 35.3. The number of carbonyl (C=O) groups excluding carboxylic acids is 3. The van der Waals surface area contributed by atoms with Gasteiger partial charge in [-0.1, -0.05) is 53.5 Å². The zero-order valence-electron chi connectivity index (χ0n) is 13.5. The standard InChI is InChI=1S/C18H15Cl2N3O3/c19-13-7-8-15(20)14(10-13)18(26)23-22-17(25)11-21-16(24)9-6-12-4-2-1-3-5-12/h1-10H,11H2,(H,21,24)(H,22,25)(H,23,26)/b9-6+. The van der Waals surface area contributed by atoms with Crippen LogP contribution in [-0.4, -0.2) is 24.3 Å². The number of hydrazine groups is 1. The minimum Gasteiger partial charge on any atom is -0.343 e. The summed E-state index contributed by atoms with van der Waals surface area (Å²) in [5.74, 6) is -1.66. The number of rotatable bonds is 5. The van der Waals surface area contributed by atoms with Crippen LogP contribution in [0.15, 0.2) is 54.6 Å². The fraction of sp³-hybridized carbons (Fsp3) is 0.0556. The smallest absolute Gasteiger partial charge is 0.271 e. The Balaban J connectivity index is 1.76. The van der Waals surface area contributed by atoms with Crippen molar-refractivity contribution in [2.45, 2.75) is 0 Å². The van der Waals surface area contributed by atoms with Gasteiger partial charge in [0.2, 0.25) is 5.91 Å². The maximum Gasteiger partial charge on any atom is 0.271 e. The van der Waals surface area contributed by atoms with Crippen LogP contribution in [-0.2, 0) is 9.59 Å². The van der Waals surface area contributed by atoms with E-state index in [0.717, 1.165) is 5.56 Å². The van der Waals surface area contributed by atoms with Gasteiger partial charge in [-0.3, -0.25) is 25.2 Å². The molecule has 0 aromatic heterocycles. The third kappa shape index (κ3) is 6.23. The van der Waals surface area contributed by atoms with Gasteiger partial charge in [0.05, 0.1) is 17.1 Å². The Morgan fingerprint density at radius 1 is 0.962 bits per heavy atom. The predicted molar refractivity (Wildman–Crippen MR) is 101 cm³/mol. The summed E-state index contributed by atoms with van der Waals surface area (Å²) >= 11 is 11.7. The third-order valence-electron chi connectivity index (χ3n) is 3.14. The van der Waals surface area contributed by atoms with Crippen molar-refractivity contribution in [3.05, 3.63) is 75.8 Å². The summed E-state index contributed by atoms with van der Waals surface area (Å²) < 4.78 is 0. The second-order valence-electron chi connectivity index (χ2n) is 5.09. The molecule has 26 heavy (non-hydrogen) atoms. The van der Waals surface area contributed by atoms with Gasteiger partial charge >= 0.3 is 0 Å². The van der Waals surface area contributed by atoms with Gasteiger partial charge in [-0.15, -0.1) is 0 Å². The Kier molecular flexibility index (Phi) is 7.20. The fourth-order valence-electron chi connectivity index (χ4n) is 1.87. The zero-order chi connectivity index (χ0) is 18.9.